The molecular weight excluding hydrogens is 340 g/mol. The lowest BCUT2D eigenvalue weighted by Gasteiger charge is -2.06. The number of pyridine rings is 1. The summed E-state index contributed by atoms with van der Waals surface area (Å²) in [6, 6.07) is 9.88. The number of anilines is 1. The SMILES string of the molecule is Cc1ccc2nc(SCC(=O)Nc3nc(C)cs3)c(C#N)cc2c1. The third-order valence-corrected chi connectivity index (χ3v) is 5.13. The Bertz CT molecular complexity index is 959. The minimum Gasteiger partial charge on any atom is -0.301 e. The Morgan fingerprint density at radius 3 is 2.88 bits per heavy atom. The molecule has 0 aliphatic carbocycles. The molecule has 2 heterocycles. The molecule has 0 atom stereocenters. The van der Waals surface area contributed by atoms with Gasteiger partial charge in [0.25, 0.3) is 0 Å². The minimum absolute atomic E-state index is 0.163. The van der Waals surface area contributed by atoms with Crippen molar-refractivity contribution in [1.82, 2.24) is 9.97 Å². The number of fused-ring (bicyclic) bond motifs is 1. The molecule has 0 aliphatic rings. The van der Waals surface area contributed by atoms with Gasteiger partial charge in [0.1, 0.15) is 11.1 Å². The quantitative estimate of drug-likeness (QED) is 0.719. The number of nitriles is 1. The predicted molar refractivity (Wildman–Crippen MR) is 97.4 cm³/mol. The van der Waals surface area contributed by atoms with Crippen LogP contribution in [0.25, 0.3) is 10.9 Å². The topological polar surface area (TPSA) is 78.7 Å². The molecule has 0 radical (unpaired) electrons. The molecule has 1 N–H and O–H groups in total. The van der Waals surface area contributed by atoms with E-state index in [-0.39, 0.29) is 11.7 Å². The largest absolute Gasteiger partial charge is 0.301 e. The summed E-state index contributed by atoms with van der Waals surface area (Å²) in [7, 11) is 0. The number of rotatable bonds is 4. The summed E-state index contributed by atoms with van der Waals surface area (Å²) in [6.07, 6.45) is 0. The minimum atomic E-state index is -0.163. The standard InChI is InChI=1S/C17H14N4OS2/c1-10-3-4-14-12(5-10)6-13(7-18)16(20-14)23-9-15(22)21-17-19-11(2)8-24-17/h3-6,8H,9H2,1-2H3,(H,19,21,22). The molecule has 0 bridgehead atoms. The van der Waals surface area contributed by atoms with Gasteiger partial charge in [0.2, 0.25) is 5.91 Å². The molecule has 3 rings (SSSR count). The molecule has 7 heteroatoms. The van der Waals surface area contributed by atoms with E-state index in [0.717, 1.165) is 22.2 Å². The highest BCUT2D eigenvalue weighted by Gasteiger charge is 2.11. The Morgan fingerprint density at radius 1 is 1.33 bits per heavy atom. The van der Waals surface area contributed by atoms with E-state index in [4.69, 9.17) is 0 Å². The van der Waals surface area contributed by atoms with Gasteiger partial charge in [-0.25, -0.2) is 9.97 Å². The molecule has 24 heavy (non-hydrogen) atoms. The van der Waals surface area contributed by atoms with E-state index >= 15 is 0 Å². The number of thiazole rings is 1. The number of benzene rings is 1. The molecule has 0 saturated carbocycles. The molecule has 0 fully saturated rings. The second-order valence-electron chi connectivity index (χ2n) is 5.28. The monoisotopic (exact) mass is 354 g/mol. The van der Waals surface area contributed by atoms with E-state index in [2.05, 4.69) is 21.4 Å². The van der Waals surface area contributed by atoms with Crippen LogP contribution in [-0.2, 0) is 4.79 Å². The summed E-state index contributed by atoms with van der Waals surface area (Å²) in [5.41, 5.74) is 3.29. The van der Waals surface area contributed by atoms with Gasteiger partial charge in [-0.1, -0.05) is 23.4 Å². The van der Waals surface area contributed by atoms with Gasteiger partial charge in [0, 0.05) is 10.8 Å². The van der Waals surface area contributed by atoms with Crippen LogP contribution in [0.5, 0.6) is 0 Å². The van der Waals surface area contributed by atoms with E-state index in [1.165, 1.54) is 23.1 Å². The molecule has 1 amide bonds. The van der Waals surface area contributed by atoms with Crippen LogP contribution in [0.2, 0.25) is 0 Å². The van der Waals surface area contributed by atoms with Gasteiger partial charge >= 0.3 is 0 Å². The van der Waals surface area contributed by atoms with Crippen molar-refractivity contribution in [1.29, 1.82) is 5.26 Å². The van der Waals surface area contributed by atoms with Gasteiger partial charge in [-0.15, -0.1) is 11.3 Å². The maximum Gasteiger partial charge on any atom is 0.236 e. The number of hydrogen-bond donors (Lipinski definition) is 1. The van der Waals surface area contributed by atoms with Gasteiger partial charge in [-0.05, 0) is 32.0 Å². The van der Waals surface area contributed by atoms with Crippen molar-refractivity contribution >= 4 is 45.0 Å². The number of carbonyl (C=O) groups excluding carboxylic acids is 1. The zero-order valence-electron chi connectivity index (χ0n) is 13.2. The average molecular weight is 354 g/mol. The fourth-order valence-corrected chi connectivity index (χ4v) is 3.64. The van der Waals surface area contributed by atoms with Crippen molar-refractivity contribution < 1.29 is 4.79 Å². The smallest absolute Gasteiger partial charge is 0.236 e. The van der Waals surface area contributed by atoms with Crippen molar-refractivity contribution in [2.75, 3.05) is 11.1 Å². The second kappa shape index (κ2) is 6.99. The van der Waals surface area contributed by atoms with Crippen molar-refractivity contribution in [3.05, 3.63) is 46.5 Å². The Balaban J connectivity index is 1.75. The summed E-state index contributed by atoms with van der Waals surface area (Å²) in [6.45, 7) is 3.87. The van der Waals surface area contributed by atoms with Gasteiger partial charge < -0.3 is 5.32 Å². The first kappa shape index (κ1) is 16.4. The van der Waals surface area contributed by atoms with Crippen LogP contribution in [0.15, 0.2) is 34.7 Å². The Morgan fingerprint density at radius 2 is 2.17 bits per heavy atom. The first-order valence-electron chi connectivity index (χ1n) is 7.21. The molecule has 5 nitrogen and oxygen atoms in total. The average Bonchev–Trinajstić information content (AvgIpc) is 2.96. The maximum atomic E-state index is 12.0. The molecule has 2 aromatic heterocycles. The summed E-state index contributed by atoms with van der Waals surface area (Å²) >= 11 is 2.65. The Hall–Kier alpha value is -2.43. The normalized spacial score (nSPS) is 10.5. The highest BCUT2D eigenvalue weighted by Crippen LogP contribution is 2.25. The number of aryl methyl sites for hydroxylation is 2. The molecule has 0 unspecified atom stereocenters. The molecule has 0 saturated heterocycles. The number of carbonyl (C=O) groups is 1. The highest BCUT2D eigenvalue weighted by molar-refractivity contribution is 8.00. The zero-order valence-corrected chi connectivity index (χ0v) is 14.8. The van der Waals surface area contributed by atoms with Gasteiger partial charge in [-0.2, -0.15) is 5.26 Å². The fourth-order valence-electron chi connectivity index (χ4n) is 2.17. The molecule has 3 aromatic rings. The molecular formula is C17H14N4OS2. The van der Waals surface area contributed by atoms with Crippen LogP contribution >= 0.6 is 23.1 Å². The van der Waals surface area contributed by atoms with Crippen LogP contribution in [0.3, 0.4) is 0 Å². The summed E-state index contributed by atoms with van der Waals surface area (Å²) < 4.78 is 0. The third kappa shape index (κ3) is 3.72. The number of nitrogens with zero attached hydrogens (tertiary/aromatic N) is 3. The van der Waals surface area contributed by atoms with E-state index < -0.39 is 0 Å². The number of hydrogen-bond acceptors (Lipinski definition) is 6. The van der Waals surface area contributed by atoms with Gasteiger partial charge in [-0.3, -0.25) is 4.79 Å². The first-order valence-corrected chi connectivity index (χ1v) is 9.08. The van der Waals surface area contributed by atoms with Crippen LogP contribution < -0.4 is 5.32 Å². The van der Waals surface area contributed by atoms with Crippen LogP contribution in [-0.4, -0.2) is 21.6 Å². The lowest BCUT2D eigenvalue weighted by atomic mass is 10.1. The number of aromatic nitrogens is 2. The lowest BCUT2D eigenvalue weighted by Crippen LogP contribution is -2.14. The first-order chi connectivity index (χ1) is 11.5. The Labute approximate surface area is 147 Å². The molecule has 120 valence electrons. The maximum absolute atomic E-state index is 12.0. The van der Waals surface area contributed by atoms with Gasteiger partial charge in [0.05, 0.1) is 22.5 Å². The Kier molecular flexibility index (Phi) is 4.79. The van der Waals surface area contributed by atoms with E-state index in [0.29, 0.717) is 15.7 Å². The van der Waals surface area contributed by atoms with Crippen molar-refractivity contribution in [2.24, 2.45) is 0 Å². The number of nitrogens with one attached hydrogen (secondary N) is 1. The van der Waals surface area contributed by atoms with Crippen molar-refractivity contribution in [3.8, 4) is 6.07 Å². The van der Waals surface area contributed by atoms with Crippen molar-refractivity contribution in [3.63, 3.8) is 0 Å². The zero-order chi connectivity index (χ0) is 17.1. The second-order valence-corrected chi connectivity index (χ2v) is 7.10. The molecule has 0 spiro atoms. The van der Waals surface area contributed by atoms with Crippen molar-refractivity contribution in [2.45, 2.75) is 18.9 Å². The van der Waals surface area contributed by atoms with E-state index in [1.54, 1.807) is 0 Å². The summed E-state index contributed by atoms with van der Waals surface area (Å²) in [5, 5.41) is 16.1. The molecule has 1 aromatic carbocycles. The highest BCUT2D eigenvalue weighted by atomic mass is 32.2. The fraction of sp³-hybridized carbons (Fsp3) is 0.176. The van der Waals surface area contributed by atoms with Crippen LogP contribution in [0.1, 0.15) is 16.8 Å². The summed E-state index contributed by atoms with van der Waals surface area (Å²) in [4.78, 5) is 20.7. The van der Waals surface area contributed by atoms with E-state index in [1.807, 2.05) is 43.5 Å². The molecule has 0 aliphatic heterocycles. The third-order valence-electron chi connectivity index (χ3n) is 3.26. The number of amides is 1. The van der Waals surface area contributed by atoms with Gasteiger partial charge in [0.15, 0.2) is 5.13 Å². The van der Waals surface area contributed by atoms with E-state index in [9.17, 15) is 10.1 Å². The summed E-state index contributed by atoms with van der Waals surface area (Å²) in [5.74, 6) is 0.0153. The van der Waals surface area contributed by atoms with Crippen LogP contribution in [0, 0.1) is 25.2 Å². The van der Waals surface area contributed by atoms with Crippen LogP contribution in [0.4, 0.5) is 5.13 Å². The predicted octanol–water partition coefficient (Wildman–Crippen LogP) is 3.91. The lowest BCUT2D eigenvalue weighted by molar-refractivity contribution is -0.113. The number of thioether (sulfide) groups is 1.